The summed E-state index contributed by atoms with van der Waals surface area (Å²) in [6.45, 7) is 0. The Labute approximate surface area is 233 Å². The predicted octanol–water partition coefficient (Wildman–Crippen LogP) is 10.6. The van der Waals surface area contributed by atoms with E-state index in [9.17, 15) is 87.8 Å². The molecule has 2 aromatic carbocycles. The van der Waals surface area contributed by atoms with Gasteiger partial charge in [0.25, 0.3) is 0 Å². The maximum atomic E-state index is 14.6. The number of rotatable bonds is 6. The molecule has 1 nitrogen and oxygen atoms in total. The lowest BCUT2D eigenvalue weighted by molar-refractivity contribution is -0.350. The van der Waals surface area contributed by atoms with Gasteiger partial charge in [-0.05, 0) is 60.3 Å². The van der Waals surface area contributed by atoms with E-state index in [1.54, 1.807) is 4.13 Å². The Bertz CT molecular complexity index is 1180. The average Bonchev–Trinajstić information content (AvgIpc) is 2.78. The molecule has 0 unspecified atom stereocenters. The van der Waals surface area contributed by atoms with E-state index in [0.29, 0.717) is 0 Å². The van der Waals surface area contributed by atoms with Crippen molar-refractivity contribution in [3.63, 3.8) is 0 Å². The van der Waals surface area contributed by atoms with Crippen LogP contribution in [0.15, 0.2) is 46.2 Å². The van der Waals surface area contributed by atoms with Crippen LogP contribution in [0.3, 0.4) is 0 Å². The van der Waals surface area contributed by atoms with Crippen LogP contribution in [-0.2, 0) is 23.7 Å². The highest BCUT2D eigenvalue weighted by Crippen LogP contribution is 2.57. The molecule has 244 valence electrons. The van der Waals surface area contributed by atoms with Gasteiger partial charge in [0.1, 0.15) is 0 Å². The van der Waals surface area contributed by atoms with E-state index in [0.717, 1.165) is 0 Å². The zero-order chi connectivity index (χ0) is 33.8. The van der Waals surface area contributed by atoms with Crippen molar-refractivity contribution in [2.24, 2.45) is 0 Å². The van der Waals surface area contributed by atoms with Gasteiger partial charge in [-0.25, -0.2) is 8.78 Å². The van der Waals surface area contributed by atoms with Crippen LogP contribution in [0.2, 0.25) is 0 Å². The van der Waals surface area contributed by atoms with Gasteiger partial charge >= 0.3 is 48.4 Å². The van der Waals surface area contributed by atoms with Gasteiger partial charge in [-0.15, -0.1) is 0 Å². The zero-order valence-electron chi connectivity index (χ0n) is 19.3. The molecule has 43 heavy (non-hydrogen) atoms. The molecule has 2 rings (SSSR count). The Morgan fingerprint density at radius 2 is 0.581 bits per heavy atom. The monoisotopic (exact) mass is 705 g/mol. The van der Waals surface area contributed by atoms with Crippen LogP contribution in [0.4, 0.5) is 87.8 Å². The fourth-order valence-electron chi connectivity index (χ4n) is 3.13. The molecule has 0 fully saturated rings. The van der Waals surface area contributed by atoms with Crippen molar-refractivity contribution < 1.29 is 87.8 Å². The van der Waals surface area contributed by atoms with Gasteiger partial charge in [0, 0.05) is 20.9 Å². The maximum Gasteiger partial charge on any atom is 0.435 e. The SMILES string of the molecule is FC(F)(F)c1cc(SNSc2cc(C(F)(C(F)(F)F)C(F)(F)F)cc(C(F)(C(F)(F)F)C(F)(F)F)c2)cc(C(F)(F)F)c1. The first-order valence-electron chi connectivity index (χ1n) is 10.1. The second-order valence-electron chi connectivity index (χ2n) is 8.08. The fourth-order valence-corrected chi connectivity index (χ4v) is 4.81. The highest BCUT2D eigenvalue weighted by atomic mass is 32.2. The highest BCUT2D eigenvalue weighted by Gasteiger charge is 2.76. The Kier molecular flexibility index (Phi) is 9.65. The predicted molar refractivity (Wildman–Crippen MR) is 108 cm³/mol. The molecule has 0 saturated heterocycles. The van der Waals surface area contributed by atoms with Gasteiger partial charge in [0.2, 0.25) is 0 Å². The van der Waals surface area contributed by atoms with Crippen molar-refractivity contribution in [2.75, 3.05) is 0 Å². The molecule has 0 bridgehead atoms. The summed E-state index contributed by atoms with van der Waals surface area (Å²) in [5, 5.41) is 0. The molecule has 0 heterocycles. The Morgan fingerprint density at radius 3 is 0.814 bits per heavy atom. The molecule has 0 atom stereocenters. The first-order valence-corrected chi connectivity index (χ1v) is 11.7. The van der Waals surface area contributed by atoms with Crippen LogP contribution < -0.4 is 4.13 Å². The van der Waals surface area contributed by atoms with Gasteiger partial charge in [0.05, 0.1) is 11.1 Å². The largest absolute Gasteiger partial charge is 0.435 e. The molecule has 0 radical (unpaired) electrons. The summed E-state index contributed by atoms with van der Waals surface area (Å²) in [5.41, 5.74) is -23.3. The number of halogens is 20. The standard InChI is InChI=1S/C20H7F20NS2/c21-13(17(29,30)31,18(32,33)34)7-1-8(14(22,19(35,36)37)20(38,39)40)4-11(3-7)42-41-43-12-5-9(15(23,24)25)2-10(6-12)16(26,27)28/h1-6,41H. The summed E-state index contributed by atoms with van der Waals surface area (Å²) in [7, 11) is 0. The van der Waals surface area contributed by atoms with Gasteiger partial charge < -0.3 is 0 Å². The number of benzene rings is 2. The topological polar surface area (TPSA) is 12.0 Å². The van der Waals surface area contributed by atoms with Gasteiger partial charge in [-0.3, -0.25) is 0 Å². The molecule has 0 amide bonds. The van der Waals surface area contributed by atoms with Crippen molar-refractivity contribution in [3.8, 4) is 0 Å². The van der Waals surface area contributed by atoms with E-state index in [2.05, 4.69) is 0 Å². The molecule has 2 aromatic rings. The smallest absolute Gasteiger partial charge is 0.218 e. The first-order chi connectivity index (χ1) is 18.9. The number of hydrogen-bond acceptors (Lipinski definition) is 3. The van der Waals surface area contributed by atoms with E-state index in [4.69, 9.17) is 0 Å². The lowest BCUT2D eigenvalue weighted by Crippen LogP contribution is -2.52. The van der Waals surface area contributed by atoms with E-state index in [1.165, 1.54) is 0 Å². The van der Waals surface area contributed by atoms with E-state index in [-0.39, 0.29) is 30.1 Å². The highest BCUT2D eigenvalue weighted by molar-refractivity contribution is 8.12. The third-order valence-electron chi connectivity index (χ3n) is 5.14. The van der Waals surface area contributed by atoms with Crippen molar-refractivity contribution >= 4 is 23.9 Å². The summed E-state index contributed by atoms with van der Waals surface area (Å²) in [4.78, 5) is -2.68. The van der Waals surface area contributed by atoms with Crippen LogP contribution in [0.1, 0.15) is 22.3 Å². The Morgan fingerprint density at radius 1 is 0.349 bits per heavy atom. The minimum Gasteiger partial charge on any atom is -0.218 e. The molecule has 0 saturated carbocycles. The lowest BCUT2D eigenvalue weighted by atomic mass is 9.87. The summed E-state index contributed by atoms with van der Waals surface area (Å²) in [5.74, 6) is 0. The number of alkyl halides is 20. The fraction of sp³-hybridized carbons (Fsp3) is 0.400. The van der Waals surface area contributed by atoms with Crippen molar-refractivity contribution in [1.82, 2.24) is 4.13 Å². The van der Waals surface area contributed by atoms with Crippen molar-refractivity contribution in [3.05, 3.63) is 58.7 Å². The van der Waals surface area contributed by atoms with Gasteiger partial charge in [0.15, 0.2) is 0 Å². The number of hydrogen-bond donors (Lipinski definition) is 1. The zero-order valence-corrected chi connectivity index (χ0v) is 21.0. The molecule has 0 aliphatic heterocycles. The van der Waals surface area contributed by atoms with Gasteiger partial charge in [-0.1, -0.05) is 0 Å². The molecule has 0 spiro atoms. The van der Waals surface area contributed by atoms with Crippen LogP contribution in [-0.4, -0.2) is 24.7 Å². The molecule has 23 heteroatoms. The third kappa shape index (κ3) is 7.34. The van der Waals surface area contributed by atoms with E-state index in [1.807, 2.05) is 0 Å². The molecule has 1 N–H and O–H groups in total. The Hall–Kier alpha value is -2.30. The number of nitrogens with one attached hydrogen (secondary N) is 1. The molecular formula is C20H7F20NS2. The minimum absolute atomic E-state index is 0.0229. The molecule has 0 aromatic heterocycles. The van der Waals surface area contributed by atoms with Gasteiger partial charge in [-0.2, -0.15) is 83.2 Å². The lowest BCUT2D eigenvalue weighted by Gasteiger charge is -2.34. The van der Waals surface area contributed by atoms with Crippen molar-refractivity contribution in [1.29, 1.82) is 0 Å². The molecule has 0 aliphatic rings. The van der Waals surface area contributed by atoms with Crippen LogP contribution >= 0.6 is 23.9 Å². The van der Waals surface area contributed by atoms with Crippen molar-refractivity contribution in [2.45, 2.75) is 58.2 Å². The van der Waals surface area contributed by atoms with E-state index < -0.39 is 111 Å². The quantitative estimate of drug-likeness (QED) is 0.237. The molecule has 0 aliphatic carbocycles. The Balaban J connectivity index is 2.73. The summed E-state index contributed by atoms with van der Waals surface area (Å²) >= 11 is -0.946. The van der Waals surface area contributed by atoms with E-state index >= 15 is 0 Å². The molecular weight excluding hydrogens is 698 g/mol. The normalized spacial score (nSPS) is 14.8. The second kappa shape index (κ2) is 11.2. The first kappa shape index (κ1) is 36.9. The summed E-state index contributed by atoms with van der Waals surface area (Å²) < 4.78 is 267. The van der Waals surface area contributed by atoms with Crippen LogP contribution in [0, 0.1) is 0 Å². The summed E-state index contributed by atoms with van der Waals surface area (Å²) in [6.07, 6.45) is -39.3. The van der Waals surface area contributed by atoms with Crippen LogP contribution in [0.5, 0.6) is 0 Å². The maximum absolute atomic E-state index is 14.6. The summed E-state index contributed by atoms with van der Waals surface area (Å²) in [6, 6.07) is -2.85. The minimum atomic E-state index is -7.12. The third-order valence-corrected chi connectivity index (χ3v) is 6.75. The average molecular weight is 705 g/mol. The van der Waals surface area contributed by atoms with Crippen LogP contribution in [0.25, 0.3) is 0 Å². The second-order valence-corrected chi connectivity index (χ2v) is 10.1.